The Morgan fingerprint density at radius 3 is 2.79 bits per heavy atom. The molecular formula is C21H22N4O4. The molecule has 0 amide bonds. The van der Waals surface area contributed by atoms with Gasteiger partial charge in [0, 0.05) is 37.5 Å². The van der Waals surface area contributed by atoms with E-state index in [4.69, 9.17) is 4.74 Å². The van der Waals surface area contributed by atoms with Crippen molar-refractivity contribution in [1.82, 2.24) is 9.55 Å². The fourth-order valence-electron chi connectivity index (χ4n) is 3.89. The Bertz CT molecular complexity index is 1040. The van der Waals surface area contributed by atoms with Gasteiger partial charge in [-0.3, -0.25) is 10.1 Å². The number of aryl methyl sites for hydroxylation is 1. The molecule has 1 fully saturated rings. The van der Waals surface area contributed by atoms with Crippen molar-refractivity contribution < 1.29 is 14.5 Å². The van der Waals surface area contributed by atoms with Crippen molar-refractivity contribution in [1.29, 1.82) is 0 Å². The summed E-state index contributed by atoms with van der Waals surface area (Å²) in [6, 6.07) is 12.3. The Labute approximate surface area is 167 Å². The number of ether oxygens (including phenoxy) is 1. The molecule has 1 aliphatic heterocycles. The van der Waals surface area contributed by atoms with Gasteiger partial charge in [0.1, 0.15) is 0 Å². The van der Waals surface area contributed by atoms with Gasteiger partial charge in [0.15, 0.2) is 0 Å². The number of hydrogen-bond acceptors (Lipinski definition) is 6. The molecule has 8 heteroatoms. The van der Waals surface area contributed by atoms with Crippen LogP contribution >= 0.6 is 0 Å². The summed E-state index contributed by atoms with van der Waals surface area (Å²) in [5.41, 5.74) is 3.30. The summed E-state index contributed by atoms with van der Waals surface area (Å²) < 4.78 is 6.80. The highest BCUT2D eigenvalue weighted by atomic mass is 16.6. The van der Waals surface area contributed by atoms with Crippen molar-refractivity contribution in [3.05, 3.63) is 64.5 Å². The molecule has 0 saturated carbocycles. The standard InChI is InChI=1S/C21H22N4O4/c1-29-21(26)16-2-4-17(5-3-16)23-10-8-15(13-23)9-11-24-14-22-19-12-18(25(27)28)6-7-20(19)24/h2-7,12,14-15H,8-11,13H2,1H3. The zero-order valence-electron chi connectivity index (χ0n) is 16.2. The number of fused-ring (bicyclic) bond motifs is 1. The third kappa shape index (κ3) is 3.91. The fourth-order valence-corrected chi connectivity index (χ4v) is 3.89. The van der Waals surface area contributed by atoms with Gasteiger partial charge in [-0.2, -0.15) is 0 Å². The zero-order valence-corrected chi connectivity index (χ0v) is 16.2. The number of hydrogen-bond donors (Lipinski definition) is 0. The number of aromatic nitrogens is 2. The van der Waals surface area contributed by atoms with Crippen LogP contribution in [0.4, 0.5) is 11.4 Å². The maximum absolute atomic E-state index is 11.6. The molecule has 4 rings (SSSR count). The lowest BCUT2D eigenvalue weighted by molar-refractivity contribution is -0.384. The number of carbonyl (C=O) groups is 1. The molecule has 8 nitrogen and oxygen atoms in total. The van der Waals surface area contributed by atoms with Gasteiger partial charge in [-0.15, -0.1) is 0 Å². The number of rotatable bonds is 6. The van der Waals surface area contributed by atoms with E-state index in [-0.39, 0.29) is 11.7 Å². The van der Waals surface area contributed by atoms with Gasteiger partial charge in [0.25, 0.3) is 5.69 Å². The van der Waals surface area contributed by atoms with Crippen LogP contribution in [0, 0.1) is 16.0 Å². The third-order valence-electron chi connectivity index (χ3n) is 5.53. The lowest BCUT2D eigenvalue weighted by atomic mass is 10.1. The van der Waals surface area contributed by atoms with Gasteiger partial charge < -0.3 is 14.2 Å². The van der Waals surface area contributed by atoms with E-state index in [1.165, 1.54) is 19.2 Å². The monoisotopic (exact) mass is 394 g/mol. The SMILES string of the molecule is COC(=O)c1ccc(N2CCC(CCn3cnc4cc([N+](=O)[O-])ccc43)C2)cc1. The molecule has 0 spiro atoms. The fraction of sp³-hybridized carbons (Fsp3) is 0.333. The Morgan fingerprint density at radius 1 is 1.28 bits per heavy atom. The molecule has 1 aromatic heterocycles. The van der Waals surface area contributed by atoms with E-state index < -0.39 is 4.92 Å². The number of non-ortho nitro benzene ring substituents is 1. The number of nitrogens with zero attached hydrogens (tertiary/aromatic N) is 4. The number of nitro benzene ring substituents is 1. The van der Waals surface area contributed by atoms with E-state index in [1.807, 2.05) is 12.1 Å². The summed E-state index contributed by atoms with van der Waals surface area (Å²) in [6.07, 6.45) is 3.88. The Balaban J connectivity index is 1.36. The maximum Gasteiger partial charge on any atom is 0.337 e. The van der Waals surface area contributed by atoms with Crippen molar-refractivity contribution in [3.63, 3.8) is 0 Å². The maximum atomic E-state index is 11.6. The van der Waals surface area contributed by atoms with Crippen LogP contribution in [0.15, 0.2) is 48.8 Å². The minimum Gasteiger partial charge on any atom is -0.465 e. The molecule has 1 unspecified atom stereocenters. The highest BCUT2D eigenvalue weighted by Gasteiger charge is 2.23. The second-order valence-electron chi connectivity index (χ2n) is 7.30. The van der Waals surface area contributed by atoms with Crippen LogP contribution in [0.2, 0.25) is 0 Å². The van der Waals surface area contributed by atoms with Crippen LogP contribution in [0.3, 0.4) is 0 Å². The van der Waals surface area contributed by atoms with Gasteiger partial charge in [-0.25, -0.2) is 9.78 Å². The molecule has 29 heavy (non-hydrogen) atoms. The first-order valence-electron chi connectivity index (χ1n) is 9.58. The van der Waals surface area contributed by atoms with Crippen molar-refractivity contribution >= 4 is 28.4 Å². The molecule has 0 N–H and O–H groups in total. The molecule has 2 heterocycles. The van der Waals surface area contributed by atoms with Gasteiger partial charge >= 0.3 is 5.97 Å². The second-order valence-corrected chi connectivity index (χ2v) is 7.30. The van der Waals surface area contributed by atoms with Crippen molar-refractivity contribution in [2.75, 3.05) is 25.1 Å². The molecule has 3 aromatic rings. The van der Waals surface area contributed by atoms with Crippen LogP contribution in [-0.2, 0) is 11.3 Å². The lowest BCUT2D eigenvalue weighted by Crippen LogP contribution is -2.20. The molecule has 150 valence electrons. The largest absolute Gasteiger partial charge is 0.465 e. The Hall–Kier alpha value is -3.42. The Morgan fingerprint density at radius 2 is 2.07 bits per heavy atom. The van der Waals surface area contributed by atoms with Crippen LogP contribution in [0.25, 0.3) is 11.0 Å². The van der Waals surface area contributed by atoms with Crippen molar-refractivity contribution in [2.45, 2.75) is 19.4 Å². The number of carbonyl (C=O) groups excluding carboxylic acids is 1. The molecule has 0 bridgehead atoms. The number of methoxy groups -OCH3 is 1. The number of imidazole rings is 1. The number of anilines is 1. The first kappa shape index (κ1) is 18.9. The van der Waals surface area contributed by atoms with E-state index in [9.17, 15) is 14.9 Å². The summed E-state index contributed by atoms with van der Waals surface area (Å²) in [6.45, 7) is 2.78. The van der Waals surface area contributed by atoms with E-state index in [2.05, 4.69) is 14.5 Å². The molecule has 0 aliphatic carbocycles. The first-order chi connectivity index (χ1) is 14.0. The minimum absolute atomic E-state index is 0.0624. The molecule has 2 aromatic carbocycles. The smallest absolute Gasteiger partial charge is 0.337 e. The first-order valence-corrected chi connectivity index (χ1v) is 9.58. The number of nitro groups is 1. The molecule has 1 atom stereocenters. The average Bonchev–Trinajstić information content (AvgIpc) is 3.38. The zero-order chi connectivity index (χ0) is 20.4. The van der Waals surface area contributed by atoms with E-state index in [0.717, 1.165) is 43.7 Å². The van der Waals surface area contributed by atoms with Gasteiger partial charge in [-0.05, 0) is 49.1 Å². The van der Waals surface area contributed by atoms with Gasteiger partial charge in [0.05, 0.1) is 35.0 Å². The number of benzene rings is 2. The normalized spacial score (nSPS) is 16.3. The lowest BCUT2D eigenvalue weighted by Gasteiger charge is -2.19. The van der Waals surface area contributed by atoms with Crippen LogP contribution in [0.1, 0.15) is 23.2 Å². The quantitative estimate of drug-likeness (QED) is 0.360. The van der Waals surface area contributed by atoms with Crippen LogP contribution in [0.5, 0.6) is 0 Å². The van der Waals surface area contributed by atoms with Crippen LogP contribution < -0.4 is 4.90 Å². The second kappa shape index (κ2) is 7.90. The highest BCUT2D eigenvalue weighted by molar-refractivity contribution is 5.89. The molecule has 1 aliphatic rings. The van der Waals surface area contributed by atoms with Crippen molar-refractivity contribution in [2.24, 2.45) is 5.92 Å². The van der Waals surface area contributed by atoms with Gasteiger partial charge in [-0.1, -0.05) is 0 Å². The van der Waals surface area contributed by atoms with E-state index in [0.29, 0.717) is 17.0 Å². The summed E-state index contributed by atoms with van der Waals surface area (Å²) in [5.74, 6) is 0.236. The highest BCUT2D eigenvalue weighted by Crippen LogP contribution is 2.27. The summed E-state index contributed by atoms with van der Waals surface area (Å²) >= 11 is 0. The number of esters is 1. The van der Waals surface area contributed by atoms with E-state index in [1.54, 1.807) is 24.5 Å². The Kier molecular flexibility index (Phi) is 5.16. The third-order valence-corrected chi connectivity index (χ3v) is 5.53. The van der Waals surface area contributed by atoms with Crippen molar-refractivity contribution in [3.8, 4) is 0 Å². The predicted molar refractivity (Wildman–Crippen MR) is 109 cm³/mol. The summed E-state index contributed by atoms with van der Waals surface area (Å²) in [4.78, 5) is 28.7. The molecule has 1 saturated heterocycles. The van der Waals surface area contributed by atoms with Crippen LogP contribution in [-0.4, -0.2) is 40.6 Å². The summed E-state index contributed by atoms with van der Waals surface area (Å²) in [5, 5.41) is 10.9. The van der Waals surface area contributed by atoms with Gasteiger partial charge in [0.2, 0.25) is 0 Å². The average molecular weight is 394 g/mol. The molecular weight excluding hydrogens is 372 g/mol. The summed E-state index contributed by atoms with van der Waals surface area (Å²) in [7, 11) is 1.38. The topological polar surface area (TPSA) is 90.5 Å². The minimum atomic E-state index is -0.400. The molecule has 0 radical (unpaired) electrons. The predicted octanol–water partition coefficient (Wildman–Crippen LogP) is 3.65. The van der Waals surface area contributed by atoms with E-state index >= 15 is 0 Å².